The van der Waals surface area contributed by atoms with Crippen molar-refractivity contribution in [3.05, 3.63) is 46.9 Å². The topological polar surface area (TPSA) is 161 Å². The van der Waals surface area contributed by atoms with Crippen molar-refractivity contribution >= 4 is 35.0 Å². The Kier molecular flexibility index (Phi) is 10.3. The molecule has 1 aliphatic rings. The monoisotopic (exact) mass is 540 g/mol. The minimum Gasteiger partial charge on any atom is -0.354 e. The second-order valence-electron chi connectivity index (χ2n) is 9.85. The Bertz CT molecular complexity index is 1270. The highest BCUT2D eigenvalue weighted by Gasteiger charge is 2.34. The molecule has 1 fully saturated rings. The van der Waals surface area contributed by atoms with Gasteiger partial charge in [-0.05, 0) is 37.3 Å². The smallest absolute Gasteiger partial charge is 0.274 e. The van der Waals surface area contributed by atoms with E-state index in [-0.39, 0.29) is 42.6 Å². The fourth-order valence-electron chi connectivity index (χ4n) is 4.07. The van der Waals surface area contributed by atoms with Crippen LogP contribution >= 0.6 is 0 Å². The van der Waals surface area contributed by atoms with Gasteiger partial charge >= 0.3 is 0 Å². The fourth-order valence-corrected chi connectivity index (χ4v) is 4.07. The fraction of sp³-hybridized carbons (Fsp3) is 0.519. The normalized spacial score (nSPS) is 13.5. The quantitative estimate of drug-likeness (QED) is 0.286. The van der Waals surface area contributed by atoms with E-state index >= 15 is 0 Å². The van der Waals surface area contributed by atoms with Gasteiger partial charge in [-0.1, -0.05) is 26.7 Å². The van der Waals surface area contributed by atoms with Gasteiger partial charge in [-0.15, -0.1) is 0 Å². The lowest BCUT2D eigenvalue weighted by molar-refractivity contribution is -0.137. The number of carbonyl (C=O) groups excluding carboxylic acids is 5. The molecule has 2 aromatic rings. The van der Waals surface area contributed by atoms with Crippen LogP contribution in [0.5, 0.6) is 0 Å². The molecule has 39 heavy (non-hydrogen) atoms. The number of nitrogens with one attached hydrogen (secondary N) is 3. The second-order valence-corrected chi connectivity index (χ2v) is 9.85. The Balaban J connectivity index is 1.70. The molecule has 0 aromatic carbocycles. The maximum Gasteiger partial charge on any atom is 0.274 e. The first kappa shape index (κ1) is 29.5. The first-order valence-corrected chi connectivity index (χ1v) is 13.3. The highest BCUT2D eigenvalue weighted by molar-refractivity contribution is 6.38. The van der Waals surface area contributed by atoms with Crippen LogP contribution in [0.2, 0.25) is 0 Å². The summed E-state index contributed by atoms with van der Waals surface area (Å²) in [5.74, 6) is -2.61. The van der Waals surface area contributed by atoms with E-state index in [9.17, 15) is 28.8 Å². The Morgan fingerprint density at radius 2 is 1.85 bits per heavy atom. The molecule has 2 aromatic heterocycles. The van der Waals surface area contributed by atoms with E-state index in [4.69, 9.17) is 0 Å². The van der Waals surface area contributed by atoms with E-state index < -0.39 is 35.0 Å². The number of aryl methyl sites for hydroxylation is 1. The Labute approximate surface area is 226 Å². The van der Waals surface area contributed by atoms with Crippen LogP contribution in [0.4, 0.5) is 5.69 Å². The maximum absolute atomic E-state index is 13.2. The molecule has 210 valence electrons. The number of aromatic nitrogens is 3. The SMILES string of the molecule is CCC(CC)CNC(=O)Cn1cccc(NC(=O)C(CCC(=O)C(=O)C2CC2)NC(=O)c2cncn2C)c1=O. The number of rotatable bonds is 15. The summed E-state index contributed by atoms with van der Waals surface area (Å²) in [6, 6.07) is 1.70. The molecule has 1 saturated carbocycles. The molecule has 3 N–H and O–H groups in total. The largest absolute Gasteiger partial charge is 0.354 e. The molecule has 12 heteroatoms. The molecule has 3 amide bonds. The summed E-state index contributed by atoms with van der Waals surface area (Å²) in [7, 11) is 1.61. The van der Waals surface area contributed by atoms with Crippen molar-refractivity contribution in [1.82, 2.24) is 24.8 Å². The predicted octanol–water partition coefficient (Wildman–Crippen LogP) is 1.20. The highest BCUT2D eigenvalue weighted by Crippen LogP contribution is 2.30. The van der Waals surface area contributed by atoms with Gasteiger partial charge in [0.15, 0.2) is 5.78 Å². The van der Waals surface area contributed by atoms with Crippen LogP contribution in [0, 0.1) is 11.8 Å². The molecular formula is C27H36N6O6. The van der Waals surface area contributed by atoms with Crippen LogP contribution in [-0.4, -0.2) is 56.0 Å². The lowest BCUT2D eigenvalue weighted by atomic mass is 10.0. The number of hydrogen-bond acceptors (Lipinski definition) is 7. The Morgan fingerprint density at radius 1 is 1.13 bits per heavy atom. The summed E-state index contributed by atoms with van der Waals surface area (Å²) < 4.78 is 2.65. The van der Waals surface area contributed by atoms with E-state index in [2.05, 4.69) is 20.9 Å². The molecule has 0 spiro atoms. The Hall–Kier alpha value is -4.09. The van der Waals surface area contributed by atoms with Gasteiger partial charge in [0.05, 0.1) is 12.5 Å². The number of anilines is 1. The average Bonchev–Trinajstić information content (AvgIpc) is 3.68. The van der Waals surface area contributed by atoms with Crippen LogP contribution in [0.25, 0.3) is 0 Å². The molecule has 12 nitrogen and oxygen atoms in total. The molecule has 3 rings (SSSR count). The maximum atomic E-state index is 13.2. The van der Waals surface area contributed by atoms with Crippen LogP contribution in [0.3, 0.4) is 0 Å². The lowest BCUT2D eigenvalue weighted by Gasteiger charge is -2.18. The van der Waals surface area contributed by atoms with Gasteiger partial charge < -0.3 is 25.1 Å². The van der Waals surface area contributed by atoms with E-state index in [0.29, 0.717) is 25.3 Å². The number of hydrogen-bond donors (Lipinski definition) is 3. The summed E-state index contributed by atoms with van der Waals surface area (Å²) in [4.78, 5) is 79.6. The number of nitrogens with zero attached hydrogens (tertiary/aromatic N) is 3. The van der Waals surface area contributed by atoms with E-state index in [1.54, 1.807) is 7.05 Å². The highest BCUT2D eigenvalue weighted by atomic mass is 16.2. The number of imidazole rings is 1. The van der Waals surface area contributed by atoms with Gasteiger partial charge in [0.1, 0.15) is 24.0 Å². The standard InChI is InChI=1S/C27H36N6O6/c1-4-17(5-2)13-29-23(35)15-33-12-6-7-20(27(33)39)31-25(37)19(10-11-22(34)24(36)18-8-9-18)30-26(38)21-14-28-16-32(21)3/h6-7,12,14,16-19H,4-5,8-11,13,15H2,1-3H3,(H,29,35)(H,30,38)(H,31,37). The van der Waals surface area contributed by atoms with Crippen molar-refractivity contribution in [3.63, 3.8) is 0 Å². The zero-order valence-corrected chi connectivity index (χ0v) is 22.6. The summed E-state index contributed by atoms with van der Waals surface area (Å²) in [5.41, 5.74) is -0.495. The molecule has 2 heterocycles. The summed E-state index contributed by atoms with van der Waals surface area (Å²) in [6.45, 7) is 4.38. The van der Waals surface area contributed by atoms with Crippen LogP contribution in [-0.2, 0) is 32.8 Å². The van der Waals surface area contributed by atoms with Gasteiger partial charge in [-0.25, -0.2) is 4.98 Å². The third-order valence-corrected chi connectivity index (χ3v) is 6.89. The number of Topliss-reactive ketones (excluding diaryl/α,β-unsaturated/α-hetero) is 2. The van der Waals surface area contributed by atoms with Crippen molar-refractivity contribution in [2.75, 3.05) is 11.9 Å². The van der Waals surface area contributed by atoms with Gasteiger partial charge in [0.25, 0.3) is 11.5 Å². The number of amides is 3. The van der Waals surface area contributed by atoms with Gasteiger partial charge in [0.2, 0.25) is 17.6 Å². The minimum atomic E-state index is -1.21. The van der Waals surface area contributed by atoms with Crippen molar-refractivity contribution < 1.29 is 24.0 Å². The van der Waals surface area contributed by atoms with Crippen molar-refractivity contribution in [2.45, 2.75) is 65.0 Å². The molecule has 0 aliphatic heterocycles. The van der Waals surface area contributed by atoms with Crippen molar-refractivity contribution in [1.29, 1.82) is 0 Å². The average molecular weight is 541 g/mol. The van der Waals surface area contributed by atoms with Gasteiger partial charge in [-0.2, -0.15) is 0 Å². The zero-order valence-electron chi connectivity index (χ0n) is 22.6. The molecular weight excluding hydrogens is 504 g/mol. The third-order valence-electron chi connectivity index (χ3n) is 6.89. The zero-order chi connectivity index (χ0) is 28.5. The third kappa shape index (κ3) is 8.20. The predicted molar refractivity (Wildman–Crippen MR) is 143 cm³/mol. The summed E-state index contributed by atoms with van der Waals surface area (Å²) >= 11 is 0. The van der Waals surface area contributed by atoms with E-state index in [1.807, 2.05) is 13.8 Å². The number of ketones is 2. The van der Waals surface area contributed by atoms with Crippen LogP contribution < -0.4 is 21.5 Å². The second kappa shape index (κ2) is 13.6. The molecule has 0 saturated heterocycles. The Morgan fingerprint density at radius 3 is 2.46 bits per heavy atom. The first-order valence-electron chi connectivity index (χ1n) is 13.3. The van der Waals surface area contributed by atoms with Crippen LogP contribution in [0.15, 0.2) is 35.6 Å². The summed E-state index contributed by atoms with van der Waals surface area (Å²) in [6.07, 6.45) is 7.06. The van der Waals surface area contributed by atoms with E-state index in [1.165, 1.54) is 40.0 Å². The van der Waals surface area contributed by atoms with Gasteiger partial charge in [0, 0.05) is 32.1 Å². The lowest BCUT2D eigenvalue weighted by Crippen LogP contribution is -2.45. The first-order chi connectivity index (χ1) is 18.6. The molecule has 1 atom stereocenters. The van der Waals surface area contributed by atoms with E-state index in [0.717, 1.165) is 12.8 Å². The van der Waals surface area contributed by atoms with Crippen molar-refractivity contribution in [2.24, 2.45) is 18.9 Å². The molecule has 1 aliphatic carbocycles. The molecule has 0 bridgehead atoms. The number of carbonyl (C=O) groups is 5. The van der Waals surface area contributed by atoms with Crippen LogP contribution in [0.1, 0.15) is 62.9 Å². The van der Waals surface area contributed by atoms with Gasteiger partial charge in [-0.3, -0.25) is 28.8 Å². The summed E-state index contributed by atoms with van der Waals surface area (Å²) in [5, 5.41) is 7.91. The molecule has 1 unspecified atom stereocenters. The minimum absolute atomic E-state index is 0.0875. The molecule has 0 radical (unpaired) electrons. The number of pyridine rings is 1. The van der Waals surface area contributed by atoms with Crippen molar-refractivity contribution in [3.8, 4) is 0 Å².